The van der Waals surface area contributed by atoms with Crippen molar-refractivity contribution in [3.8, 4) is 39.1 Å². The molecule has 272 valence electrons. The van der Waals surface area contributed by atoms with Crippen molar-refractivity contribution in [2.45, 2.75) is 0 Å². The maximum absolute atomic E-state index is 2.50. The van der Waals surface area contributed by atoms with E-state index in [0.29, 0.717) is 0 Å². The zero-order chi connectivity index (χ0) is 38.4. The summed E-state index contributed by atoms with van der Waals surface area (Å²) in [5.41, 5.74) is 13.9. The van der Waals surface area contributed by atoms with Crippen LogP contribution in [0.4, 0.5) is 17.1 Å². The van der Waals surface area contributed by atoms with Crippen LogP contribution in [0.3, 0.4) is 0 Å². The first kappa shape index (κ1) is 33.6. The Kier molecular flexibility index (Phi) is 8.19. The van der Waals surface area contributed by atoms with Gasteiger partial charge >= 0.3 is 0 Å². The minimum absolute atomic E-state index is 1.08. The van der Waals surface area contributed by atoms with E-state index < -0.39 is 0 Å². The smallest absolute Gasteiger partial charge is 0.0618 e. The topological polar surface area (TPSA) is 8.17 Å². The normalized spacial score (nSPS) is 11.4. The van der Waals surface area contributed by atoms with Gasteiger partial charge in [0.2, 0.25) is 0 Å². The second-order valence-electron chi connectivity index (χ2n) is 14.9. The van der Waals surface area contributed by atoms with E-state index in [2.05, 4.69) is 240 Å². The zero-order valence-electron chi connectivity index (χ0n) is 31.8. The molecule has 0 saturated carbocycles. The maximum Gasteiger partial charge on any atom is 0.0618 e. The molecule has 0 unspecified atom stereocenters. The highest BCUT2D eigenvalue weighted by Crippen LogP contribution is 2.46. The molecular formula is C56H38N2. The Morgan fingerprint density at radius 2 is 0.862 bits per heavy atom. The molecule has 0 aliphatic heterocycles. The Morgan fingerprint density at radius 3 is 1.64 bits per heavy atom. The molecule has 11 rings (SSSR count). The summed E-state index contributed by atoms with van der Waals surface area (Å²) >= 11 is 0. The summed E-state index contributed by atoms with van der Waals surface area (Å²) in [5.74, 6) is 0. The second-order valence-corrected chi connectivity index (χ2v) is 14.9. The van der Waals surface area contributed by atoms with E-state index in [-0.39, 0.29) is 0 Å². The quantitative estimate of drug-likeness (QED) is 0.158. The third-order valence-electron chi connectivity index (χ3n) is 11.5. The Hall–Kier alpha value is -7.68. The fourth-order valence-corrected chi connectivity index (χ4v) is 8.82. The van der Waals surface area contributed by atoms with Crippen molar-refractivity contribution < 1.29 is 0 Å². The first-order chi connectivity index (χ1) is 28.8. The fourth-order valence-electron chi connectivity index (χ4n) is 8.82. The number of nitrogens with zero attached hydrogens (tertiary/aromatic N) is 2. The van der Waals surface area contributed by atoms with Crippen LogP contribution in [0.1, 0.15) is 0 Å². The van der Waals surface area contributed by atoms with Crippen LogP contribution >= 0.6 is 0 Å². The highest BCUT2D eigenvalue weighted by atomic mass is 15.1. The molecule has 1 aromatic heterocycles. The molecule has 0 atom stereocenters. The third-order valence-corrected chi connectivity index (χ3v) is 11.5. The molecule has 1 heterocycles. The van der Waals surface area contributed by atoms with Crippen molar-refractivity contribution in [1.29, 1.82) is 0 Å². The van der Waals surface area contributed by atoms with Crippen LogP contribution in [0.5, 0.6) is 0 Å². The second kappa shape index (κ2) is 14.1. The molecular weight excluding hydrogens is 701 g/mol. The number of para-hydroxylation sites is 2. The molecule has 0 saturated heterocycles. The van der Waals surface area contributed by atoms with Crippen LogP contribution in [0.2, 0.25) is 0 Å². The predicted octanol–water partition coefficient (Wildman–Crippen LogP) is 15.6. The maximum atomic E-state index is 2.50. The third kappa shape index (κ3) is 5.74. The summed E-state index contributed by atoms with van der Waals surface area (Å²) in [6, 6.07) is 83.8. The molecule has 0 N–H and O–H groups in total. The number of rotatable bonds is 7. The van der Waals surface area contributed by atoms with Gasteiger partial charge in [0.15, 0.2) is 0 Å². The minimum atomic E-state index is 1.08. The predicted molar refractivity (Wildman–Crippen MR) is 247 cm³/mol. The van der Waals surface area contributed by atoms with Gasteiger partial charge in [-0.05, 0) is 86.9 Å². The summed E-state index contributed by atoms with van der Waals surface area (Å²) in [6.45, 7) is 0. The molecule has 0 spiro atoms. The number of anilines is 3. The monoisotopic (exact) mass is 738 g/mol. The number of hydrogen-bond acceptors (Lipinski definition) is 1. The Morgan fingerprint density at radius 1 is 0.293 bits per heavy atom. The molecule has 0 fully saturated rings. The van der Waals surface area contributed by atoms with Crippen molar-refractivity contribution in [3.05, 3.63) is 231 Å². The van der Waals surface area contributed by atoms with Crippen LogP contribution in [0, 0.1) is 0 Å². The Bertz CT molecular complexity index is 3270. The molecule has 2 heteroatoms. The lowest BCUT2D eigenvalue weighted by Crippen LogP contribution is -2.11. The van der Waals surface area contributed by atoms with E-state index in [4.69, 9.17) is 0 Å². The van der Waals surface area contributed by atoms with Crippen LogP contribution < -0.4 is 4.90 Å². The molecule has 11 aromatic rings. The van der Waals surface area contributed by atoms with Crippen LogP contribution in [-0.4, -0.2) is 4.57 Å². The van der Waals surface area contributed by atoms with Gasteiger partial charge in [0.05, 0.1) is 22.4 Å². The molecule has 0 bridgehead atoms. The van der Waals surface area contributed by atoms with Gasteiger partial charge < -0.3 is 9.47 Å². The highest BCUT2D eigenvalue weighted by Gasteiger charge is 2.22. The lowest BCUT2D eigenvalue weighted by Gasteiger charge is -2.28. The van der Waals surface area contributed by atoms with E-state index in [0.717, 1.165) is 28.1 Å². The molecule has 10 aromatic carbocycles. The van der Waals surface area contributed by atoms with Gasteiger partial charge in [-0.15, -0.1) is 0 Å². The lowest BCUT2D eigenvalue weighted by atomic mass is 9.95. The van der Waals surface area contributed by atoms with Gasteiger partial charge in [-0.25, -0.2) is 0 Å². The minimum Gasteiger partial charge on any atom is -0.310 e. The van der Waals surface area contributed by atoms with E-state index >= 15 is 0 Å². The van der Waals surface area contributed by atoms with Crippen molar-refractivity contribution in [2.75, 3.05) is 4.90 Å². The Labute approximate surface area is 338 Å². The summed E-state index contributed by atoms with van der Waals surface area (Å²) in [7, 11) is 0. The van der Waals surface area contributed by atoms with Crippen molar-refractivity contribution in [2.24, 2.45) is 0 Å². The van der Waals surface area contributed by atoms with Crippen molar-refractivity contribution in [3.63, 3.8) is 0 Å². The lowest BCUT2D eigenvalue weighted by molar-refractivity contribution is 1.19. The van der Waals surface area contributed by atoms with E-state index in [1.54, 1.807) is 0 Å². The van der Waals surface area contributed by atoms with E-state index in [1.165, 1.54) is 71.3 Å². The summed E-state index contributed by atoms with van der Waals surface area (Å²) in [6.07, 6.45) is 0. The van der Waals surface area contributed by atoms with Gasteiger partial charge in [-0.1, -0.05) is 182 Å². The van der Waals surface area contributed by atoms with Crippen LogP contribution in [0.15, 0.2) is 231 Å². The van der Waals surface area contributed by atoms with E-state index in [1.807, 2.05) is 0 Å². The van der Waals surface area contributed by atoms with Crippen molar-refractivity contribution in [1.82, 2.24) is 4.57 Å². The van der Waals surface area contributed by atoms with Gasteiger partial charge in [0, 0.05) is 38.7 Å². The van der Waals surface area contributed by atoms with Crippen LogP contribution in [-0.2, 0) is 0 Å². The summed E-state index contributed by atoms with van der Waals surface area (Å²) in [4.78, 5) is 2.43. The first-order valence-electron chi connectivity index (χ1n) is 19.9. The van der Waals surface area contributed by atoms with Crippen molar-refractivity contribution >= 4 is 60.4 Å². The molecule has 0 radical (unpaired) electrons. The number of aromatic nitrogens is 1. The summed E-state index contributed by atoms with van der Waals surface area (Å²) < 4.78 is 2.50. The highest BCUT2D eigenvalue weighted by molar-refractivity contribution is 6.13. The molecule has 0 aliphatic carbocycles. The average Bonchev–Trinajstić information content (AvgIpc) is 3.63. The largest absolute Gasteiger partial charge is 0.310 e. The molecule has 58 heavy (non-hydrogen) atoms. The van der Waals surface area contributed by atoms with E-state index in [9.17, 15) is 0 Å². The van der Waals surface area contributed by atoms with Gasteiger partial charge in [-0.2, -0.15) is 0 Å². The Balaban J connectivity index is 1.18. The molecule has 2 nitrogen and oxygen atoms in total. The SMILES string of the molecule is c1ccc(-c2cc(-c3ccc4ccccc4c3)ccc2N(c2ccccc2)c2ccc3c4ccccc4n(-c4c(-c5ccccc5)ccc5ccccc45)c3c2)cc1. The first-order valence-corrected chi connectivity index (χ1v) is 19.9. The number of hydrogen-bond donors (Lipinski definition) is 0. The molecule has 0 amide bonds. The standard InChI is InChI=1S/C56H38N2/c1-4-17-40(18-5-1)49-33-30-42-21-12-13-25-48(42)56(49)58-53-27-15-14-26-50(53)51-34-32-47(38-55(51)58)57(46-23-8-3-9-24-46)54-35-31-45(37-52(54)41-19-6-2-7-20-41)44-29-28-39-16-10-11-22-43(39)36-44/h1-38H. The van der Waals surface area contributed by atoms with Gasteiger partial charge in [0.1, 0.15) is 0 Å². The van der Waals surface area contributed by atoms with Crippen LogP contribution in [0.25, 0.3) is 82.4 Å². The number of fused-ring (bicyclic) bond motifs is 5. The zero-order valence-corrected chi connectivity index (χ0v) is 31.8. The average molecular weight is 739 g/mol. The number of benzene rings is 10. The van der Waals surface area contributed by atoms with Gasteiger partial charge in [0.25, 0.3) is 0 Å². The summed E-state index contributed by atoms with van der Waals surface area (Å²) in [5, 5.41) is 7.35. The van der Waals surface area contributed by atoms with Gasteiger partial charge in [-0.3, -0.25) is 0 Å². The molecule has 0 aliphatic rings. The fraction of sp³-hybridized carbons (Fsp3) is 0.